The fourth-order valence-electron chi connectivity index (χ4n) is 3.64. The smallest absolute Gasteiger partial charge is 0.393 e. The Hall–Kier alpha value is -1.27. The van der Waals surface area contributed by atoms with Crippen molar-refractivity contribution in [3.05, 3.63) is 34.3 Å². The van der Waals surface area contributed by atoms with Crippen molar-refractivity contribution in [2.45, 2.75) is 25.1 Å². The Morgan fingerprint density at radius 2 is 2.05 bits per heavy atom. The second kappa shape index (κ2) is 5.42. The summed E-state index contributed by atoms with van der Waals surface area (Å²) in [7, 11) is 0. The molecule has 22 heavy (non-hydrogen) atoms. The average molecular weight is 334 g/mol. The Balaban J connectivity index is 1.87. The Morgan fingerprint density at radius 3 is 2.64 bits per heavy atom. The zero-order chi connectivity index (χ0) is 16.1. The van der Waals surface area contributed by atoms with Gasteiger partial charge in [-0.2, -0.15) is 13.2 Å². The standard InChI is InChI=1S/C15H15ClF3NO2/c16-12-3-1-2-9-8(12)4-5-13(9)20-6-10(14(21)22)11(7-20)15(17,18)19/h1-3,10-11,13H,4-7H2,(H,21,22)/t10-,11-,13?/m1/s1. The zero-order valence-electron chi connectivity index (χ0n) is 11.6. The summed E-state index contributed by atoms with van der Waals surface area (Å²) in [5.41, 5.74) is 1.90. The highest BCUT2D eigenvalue weighted by Gasteiger charge is 2.54. The number of fused-ring (bicyclic) bond motifs is 1. The molecule has 1 aromatic carbocycles. The summed E-state index contributed by atoms with van der Waals surface area (Å²) in [5, 5.41) is 9.73. The summed E-state index contributed by atoms with van der Waals surface area (Å²) < 4.78 is 39.2. The van der Waals surface area contributed by atoms with Gasteiger partial charge in [0.2, 0.25) is 0 Å². The summed E-state index contributed by atoms with van der Waals surface area (Å²) in [4.78, 5) is 12.8. The zero-order valence-corrected chi connectivity index (χ0v) is 12.4. The highest BCUT2D eigenvalue weighted by molar-refractivity contribution is 6.31. The first-order valence-corrected chi connectivity index (χ1v) is 7.47. The number of alkyl halides is 3. The Kier molecular flexibility index (Phi) is 3.85. The van der Waals surface area contributed by atoms with Crippen molar-refractivity contribution >= 4 is 17.6 Å². The van der Waals surface area contributed by atoms with Crippen molar-refractivity contribution in [2.75, 3.05) is 13.1 Å². The van der Waals surface area contributed by atoms with Crippen LogP contribution in [0.2, 0.25) is 5.02 Å². The third kappa shape index (κ3) is 2.58. The summed E-state index contributed by atoms with van der Waals surface area (Å²) in [6.07, 6.45) is -3.10. The number of halogens is 4. The molecule has 1 aliphatic heterocycles. The van der Waals surface area contributed by atoms with E-state index in [9.17, 15) is 18.0 Å². The lowest BCUT2D eigenvalue weighted by Crippen LogP contribution is -2.33. The maximum atomic E-state index is 13.1. The van der Waals surface area contributed by atoms with E-state index in [0.717, 1.165) is 11.1 Å². The summed E-state index contributed by atoms with van der Waals surface area (Å²) in [6.45, 7) is -0.340. The lowest BCUT2D eigenvalue weighted by molar-refractivity contribution is -0.188. The van der Waals surface area contributed by atoms with Crippen LogP contribution >= 0.6 is 11.6 Å². The van der Waals surface area contributed by atoms with E-state index in [4.69, 9.17) is 16.7 Å². The van der Waals surface area contributed by atoms with Crippen LogP contribution in [0.25, 0.3) is 0 Å². The third-order valence-corrected chi connectivity index (χ3v) is 5.06. The first-order chi connectivity index (χ1) is 10.3. The minimum Gasteiger partial charge on any atom is -0.481 e. The monoisotopic (exact) mass is 333 g/mol. The Labute approximate surface area is 130 Å². The molecular formula is C15H15ClF3NO2. The van der Waals surface area contributed by atoms with Crippen LogP contribution in [0, 0.1) is 11.8 Å². The molecule has 3 rings (SSSR count). The van der Waals surface area contributed by atoms with Crippen LogP contribution in [0.3, 0.4) is 0 Å². The minimum absolute atomic E-state index is 0.0733. The maximum absolute atomic E-state index is 13.1. The van der Waals surface area contributed by atoms with Crippen molar-refractivity contribution in [1.29, 1.82) is 0 Å². The lowest BCUT2D eigenvalue weighted by Gasteiger charge is -2.25. The number of rotatable bonds is 2. The van der Waals surface area contributed by atoms with Gasteiger partial charge >= 0.3 is 12.1 Å². The van der Waals surface area contributed by atoms with E-state index in [0.29, 0.717) is 17.9 Å². The van der Waals surface area contributed by atoms with Gasteiger partial charge in [-0.15, -0.1) is 0 Å². The molecule has 3 atom stereocenters. The molecule has 1 unspecified atom stereocenters. The van der Waals surface area contributed by atoms with Crippen molar-refractivity contribution in [3.63, 3.8) is 0 Å². The second-order valence-corrected chi connectivity index (χ2v) is 6.32. The number of carbonyl (C=O) groups is 1. The maximum Gasteiger partial charge on any atom is 0.393 e. The summed E-state index contributed by atoms with van der Waals surface area (Å²) in [6, 6.07) is 5.25. The molecule has 1 heterocycles. The molecule has 0 radical (unpaired) electrons. The largest absolute Gasteiger partial charge is 0.481 e. The van der Waals surface area contributed by atoms with E-state index >= 15 is 0 Å². The van der Waals surface area contributed by atoms with Crippen LogP contribution in [0.5, 0.6) is 0 Å². The molecule has 0 spiro atoms. The molecule has 120 valence electrons. The highest BCUT2D eigenvalue weighted by atomic mass is 35.5. The summed E-state index contributed by atoms with van der Waals surface area (Å²) in [5.74, 6) is -4.59. The lowest BCUT2D eigenvalue weighted by atomic mass is 9.96. The quantitative estimate of drug-likeness (QED) is 0.900. The van der Waals surface area contributed by atoms with Crippen molar-refractivity contribution < 1.29 is 23.1 Å². The predicted molar refractivity (Wildman–Crippen MR) is 74.8 cm³/mol. The van der Waals surface area contributed by atoms with Gasteiger partial charge < -0.3 is 5.11 Å². The van der Waals surface area contributed by atoms with Crippen LogP contribution in [0.15, 0.2) is 18.2 Å². The molecular weight excluding hydrogens is 319 g/mol. The number of carboxylic acids is 1. The normalized spacial score (nSPS) is 28.8. The van der Waals surface area contributed by atoms with Gasteiger partial charge in [-0.3, -0.25) is 9.69 Å². The van der Waals surface area contributed by atoms with Gasteiger partial charge in [-0.25, -0.2) is 0 Å². The van der Waals surface area contributed by atoms with Crippen LogP contribution in [-0.4, -0.2) is 35.2 Å². The second-order valence-electron chi connectivity index (χ2n) is 5.91. The molecule has 1 fully saturated rings. The molecule has 0 saturated carbocycles. The topological polar surface area (TPSA) is 40.5 Å². The number of aliphatic carboxylic acids is 1. The molecule has 2 aliphatic rings. The van der Waals surface area contributed by atoms with Crippen LogP contribution < -0.4 is 0 Å². The van der Waals surface area contributed by atoms with E-state index in [2.05, 4.69) is 0 Å². The fourth-order valence-corrected chi connectivity index (χ4v) is 3.91. The van der Waals surface area contributed by atoms with Gasteiger partial charge in [0.1, 0.15) is 0 Å². The number of hydrogen-bond acceptors (Lipinski definition) is 2. The number of carboxylic acid groups (broad SMARTS) is 1. The van der Waals surface area contributed by atoms with E-state index in [-0.39, 0.29) is 19.1 Å². The molecule has 0 bridgehead atoms. The SMILES string of the molecule is O=C(O)[C@@H]1CN(C2CCc3c(Cl)cccc32)C[C@H]1C(F)(F)F. The molecule has 3 nitrogen and oxygen atoms in total. The Bertz CT molecular complexity index is 605. The summed E-state index contributed by atoms with van der Waals surface area (Å²) >= 11 is 6.13. The molecule has 1 saturated heterocycles. The minimum atomic E-state index is -4.49. The molecule has 1 aromatic rings. The number of benzene rings is 1. The van der Waals surface area contributed by atoms with Gasteiger partial charge in [0.05, 0.1) is 11.8 Å². The van der Waals surface area contributed by atoms with Crippen molar-refractivity contribution in [2.24, 2.45) is 11.8 Å². The van der Waals surface area contributed by atoms with E-state index < -0.39 is 24.0 Å². The van der Waals surface area contributed by atoms with Crippen molar-refractivity contribution in [3.8, 4) is 0 Å². The molecule has 7 heteroatoms. The van der Waals surface area contributed by atoms with E-state index in [1.54, 1.807) is 17.0 Å². The third-order valence-electron chi connectivity index (χ3n) is 4.71. The van der Waals surface area contributed by atoms with Crippen molar-refractivity contribution in [1.82, 2.24) is 4.90 Å². The average Bonchev–Trinajstić information content (AvgIpc) is 3.01. The molecule has 0 amide bonds. The van der Waals surface area contributed by atoms with Gasteiger partial charge in [-0.1, -0.05) is 23.7 Å². The van der Waals surface area contributed by atoms with E-state index in [1.165, 1.54) is 0 Å². The number of likely N-dealkylation sites (tertiary alicyclic amines) is 1. The molecule has 1 aliphatic carbocycles. The number of nitrogens with zero attached hydrogens (tertiary/aromatic N) is 1. The first-order valence-electron chi connectivity index (χ1n) is 7.10. The fraction of sp³-hybridized carbons (Fsp3) is 0.533. The predicted octanol–water partition coefficient (Wildman–Crippen LogP) is 3.52. The highest BCUT2D eigenvalue weighted by Crippen LogP contribution is 2.45. The van der Waals surface area contributed by atoms with Gasteiger partial charge in [0.25, 0.3) is 0 Å². The molecule has 1 N–H and O–H groups in total. The van der Waals surface area contributed by atoms with Gasteiger partial charge in [-0.05, 0) is 30.0 Å². The van der Waals surface area contributed by atoms with Gasteiger partial charge in [0, 0.05) is 24.2 Å². The first kappa shape index (κ1) is 15.6. The van der Waals surface area contributed by atoms with Crippen LogP contribution in [0.1, 0.15) is 23.6 Å². The van der Waals surface area contributed by atoms with Crippen LogP contribution in [0.4, 0.5) is 13.2 Å². The number of hydrogen-bond donors (Lipinski definition) is 1. The van der Waals surface area contributed by atoms with E-state index in [1.807, 2.05) is 6.07 Å². The van der Waals surface area contributed by atoms with Gasteiger partial charge in [0.15, 0.2) is 0 Å². The molecule has 0 aromatic heterocycles. The van der Waals surface area contributed by atoms with Crippen LogP contribution in [-0.2, 0) is 11.2 Å². The Morgan fingerprint density at radius 1 is 1.32 bits per heavy atom.